The minimum absolute atomic E-state index is 0.505. The number of aliphatic hydroxyl groups is 1. The Labute approximate surface area is 68.8 Å². The van der Waals surface area contributed by atoms with E-state index in [1.807, 2.05) is 0 Å². The Morgan fingerprint density at radius 3 is 2.50 bits per heavy atom. The van der Waals surface area contributed by atoms with Crippen LogP contribution in [-0.4, -0.2) is 16.9 Å². The molecule has 0 aromatic carbocycles. The van der Waals surface area contributed by atoms with Gasteiger partial charge in [0.25, 0.3) is 5.79 Å². The molecule has 1 aliphatic rings. The summed E-state index contributed by atoms with van der Waals surface area (Å²) >= 11 is 0. The molecule has 0 fully saturated rings. The summed E-state index contributed by atoms with van der Waals surface area (Å²) in [5.41, 5.74) is -0.505. The molecule has 1 rings (SSSR count). The Balaban J connectivity index is 3.05. The lowest BCUT2D eigenvalue weighted by Crippen LogP contribution is -2.36. The first kappa shape index (κ1) is 8.40. The summed E-state index contributed by atoms with van der Waals surface area (Å²) in [4.78, 5) is 10.9. The van der Waals surface area contributed by atoms with E-state index < -0.39 is 23.3 Å². The summed E-state index contributed by atoms with van der Waals surface area (Å²) in [5.74, 6) is -2.76. The first-order valence-electron chi connectivity index (χ1n) is 3.22. The first-order chi connectivity index (χ1) is 5.46. The fourth-order valence-electron chi connectivity index (χ4n) is 0.760. The van der Waals surface area contributed by atoms with Crippen LogP contribution in [0.4, 0.5) is 0 Å². The largest absolute Gasteiger partial charge is 0.480 e. The molecule has 0 spiro atoms. The minimum atomic E-state index is -1.21. The van der Waals surface area contributed by atoms with Gasteiger partial charge in [-0.05, 0) is 0 Å². The molecular formula is C7H7NO4. The van der Waals surface area contributed by atoms with E-state index in [2.05, 4.69) is 4.74 Å². The number of nitrogens with zero attached hydrogens (tertiary/aromatic N) is 1. The van der Waals surface area contributed by atoms with Gasteiger partial charge >= 0.3 is 11.9 Å². The van der Waals surface area contributed by atoms with Crippen LogP contribution in [0.15, 0.2) is 11.5 Å². The molecule has 0 radical (unpaired) electrons. The summed E-state index contributed by atoms with van der Waals surface area (Å²) in [5, 5.41) is 17.4. The molecule has 0 aromatic rings. The van der Waals surface area contributed by atoms with Crippen LogP contribution in [0.25, 0.3) is 0 Å². The van der Waals surface area contributed by atoms with Gasteiger partial charge in [0.15, 0.2) is 0 Å². The third kappa shape index (κ3) is 1.32. The van der Waals surface area contributed by atoms with E-state index in [1.165, 1.54) is 19.9 Å². The van der Waals surface area contributed by atoms with Crippen molar-refractivity contribution in [2.45, 2.75) is 19.6 Å². The van der Waals surface area contributed by atoms with Gasteiger partial charge in [0.05, 0.1) is 0 Å². The zero-order valence-corrected chi connectivity index (χ0v) is 6.62. The Morgan fingerprint density at radius 2 is 2.08 bits per heavy atom. The lowest BCUT2D eigenvalue weighted by molar-refractivity contribution is -0.220. The molecule has 0 aliphatic carbocycles. The van der Waals surface area contributed by atoms with Crippen LogP contribution < -0.4 is 0 Å². The van der Waals surface area contributed by atoms with Crippen molar-refractivity contribution in [3.05, 3.63) is 11.5 Å². The van der Waals surface area contributed by atoms with Crippen molar-refractivity contribution in [2.75, 3.05) is 0 Å². The number of carbonyl (C=O) groups is 1. The molecule has 5 nitrogen and oxygen atoms in total. The Kier molecular flexibility index (Phi) is 1.69. The van der Waals surface area contributed by atoms with E-state index >= 15 is 0 Å². The fourth-order valence-corrected chi connectivity index (χ4v) is 0.760. The van der Waals surface area contributed by atoms with Crippen LogP contribution in [0, 0.1) is 11.3 Å². The molecule has 1 heterocycles. The summed E-state index contributed by atoms with van der Waals surface area (Å²) in [7, 11) is 0. The van der Waals surface area contributed by atoms with Crippen LogP contribution in [-0.2, 0) is 14.3 Å². The number of nitriles is 1. The van der Waals surface area contributed by atoms with E-state index in [4.69, 9.17) is 15.1 Å². The highest BCUT2D eigenvalue weighted by molar-refractivity contribution is 5.93. The molecule has 0 saturated heterocycles. The van der Waals surface area contributed by atoms with Crippen LogP contribution >= 0.6 is 0 Å². The monoisotopic (exact) mass is 169 g/mol. The third-order valence-corrected chi connectivity index (χ3v) is 1.21. The fraction of sp³-hybridized carbons (Fsp3) is 0.429. The second-order valence-electron chi connectivity index (χ2n) is 2.68. The zero-order chi connectivity index (χ0) is 9.35. The van der Waals surface area contributed by atoms with Crippen molar-refractivity contribution in [2.24, 2.45) is 0 Å². The highest BCUT2D eigenvalue weighted by Gasteiger charge is 2.36. The van der Waals surface area contributed by atoms with E-state index in [1.54, 1.807) is 0 Å². The number of hydrogen-bond donors (Lipinski definition) is 1. The van der Waals surface area contributed by atoms with E-state index in [0.29, 0.717) is 0 Å². The van der Waals surface area contributed by atoms with Gasteiger partial charge in [0, 0.05) is 13.8 Å². The molecule has 64 valence electrons. The molecule has 0 saturated carbocycles. The molecule has 0 amide bonds. The predicted octanol–water partition coefficient (Wildman–Crippen LogP) is 0.589. The van der Waals surface area contributed by atoms with Gasteiger partial charge in [-0.3, -0.25) is 0 Å². The normalized spacial score (nSPS) is 20.9. The van der Waals surface area contributed by atoms with Gasteiger partial charge in [-0.1, -0.05) is 0 Å². The number of carbonyl (C=O) groups excluding carboxylic acids is 1. The SMILES string of the molecule is CC1(C)OC(=O)C(C#N)=C(O)O1. The van der Waals surface area contributed by atoms with Gasteiger partial charge in [0.2, 0.25) is 5.57 Å². The summed E-state index contributed by atoms with van der Waals surface area (Å²) in [6.45, 7) is 2.91. The smallest absolute Gasteiger partial charge is 0.359 e. The second kappa shape index (κ2) is 2.41. The molecular weight excluding hydrogens is 162 g/mol. The average molecular weight is 169 g/mol. The highest BCUT2D eigenvalue weighted by atomic mass is 16.8. The van der Waals surface area contributed by atoms with Crippen molar-refractivity contribution < 1.29 is 19.4 Å². The number of hydrogen-bond acceptors (Lipinski definition) is 5. The van der Waals surface area contributed by atoms with Gasteiger partial charge in [-0.15, -0.1) is 0 Å². The maximum Gasteiger partial charge on any atom is 0.359 e. The van der Waals surface area contributed by atoms with Gasteiger partial charge in [-0.2, -0.15) is 5.26 Å². The average Bonchev–Trinajstić information content (AvgIpc) is 1.82. The Morgan fingerprint density at radius 1 is 1.50 bits per heavy atom. The van der Waals surface area contributed by atoms with Crippen LogP contribution in [0.2, 0.25) is 0 Å². The summed E-state index contributed by atoms with van der Waals surface area (Å²) < 4.78 is 9.36. The molecule has 1 aliphatic heterocycles. The van der Waals surface area contributed by atoms with E-state index in [9.17, 15) is 4.79 Å². The van der Waals surface area contributed by atoms with Crippen molar-refractivity contribution in [3.63, 3.8) is 0 Å². The van der Waals surface area contributed by atoms with E-state index in [0.717, 1.165) is 0 Å². The number of aliphatic hydroxyl groups excluding tert-OH is 1. The Hall–Kier alpha value is -1.70. The lowest BCUT2D eigenvalue weighted by Gasteiger charge is -2.28. The lowest BCUT2D eigenvalue weighted by atomic mass is 10.2. The maximum atomic E-state index is 10.9. The summed E-state index contributed by atoms with van der Waals surface area (Å²) in [6, 6.07) is 1.47. The number of cyclic esters (lactones) is 1. The molecule has 0 atom stereocenters. The standard InChI is InChI=1S/C7H7NO4/c1-7(2)11-5(9)4(3-8)6(10)12-7/h9H,1-2H3. The quantitative estimate of drug-likeness (QED) is 0.537. The van der Waals surface area contributed by atoms with Gasteiger partial charge in [-0.25, -0.2) is 4.79 Å². The third-order valence-electron chi connectivity index (χ3n) is 1.21. The zero-order valence-electron chi connectivity index (χ0n) is 6.62. The van der Waals surface area contributed by atoms with Crippen LogP contribution in [0.3, 0.4) is 0 Å². The Bertz CT molecular complexity index is 297. The predicted molar refractivity (Wildman–Crippen MR) is 36.5 cm³/mol. The van der Waals surface area contributed by atoms with Crippen LogP contribution in [0.1, 0.15) is 13.8 Å². The van der Waals surface area contributed by atoms with Crippen molar-refractivity contribution in [1.29, 1.82) is 5.26 Å². The molecule has 0 aromatic heterocycles. The molecule has 1 N–H and O–H groups in total. The second-order valence-corrected chi connectivity index (χ2v) is 2.68. The molecule has 5 heteroatoms. The molecule has 0 bridgehead atoms. The molecule has 0 unspecified atom stereocenters. The van der Waals surface area contributed by atoms with Gasteiger partial charge < -0.3 is 14.6 Å². The number of ether oxygens (including phenoxy) is 2. The highest BCUT2D eigenvalue weighted by Crippen LogP contribution is 2.24. The number of esters is 1. The number of rotatable bonds is 0. The van der Waals surface area contributed by atoms with Gasteiger partial charge in [0.1, 0.15) is 6.07 Å². The minimum Gasteiger partial charge on any atom is -0.480 e. The van der Waals surface area contributed by atoms with Crippen molar-refractivity contribution in [1.82, 2.24) is 0 Å². The summed E-state index contributed by atoms with van der Waals surface area (Å²) in [6.07, 6.45) is 0. The molecule has 12 heavy (non-hydrogen) atoms. The topological polar surface area (TPSA) is 79.6 Å². The first-order valence-corrected chi connectivity index (χ1v) is 3.22. The van der Waals surface area contributed by atoms with E-state index in [-0.39, 0.29) is 0 Å². The van der Waals surface area contributed by atoms with Crippen molar-refractivity contribution >= 4 is 5.97 Å². The maximum absolute atomic E-state index is 10.9. The van der Waals surface area contributed by atoms with Crippen LogP contribution in [0.5, 0.6) is 0 Å². The van der Waals surface area contributed by atoms with Crippen molar-refractivity contribution in [3.8, 4) is 6.07 Å².